The van der Waals surface area contributed by atoms with Gasteiger partial charge in [0.25, 0.3) is 0 Å². The number of carbonyl (C=O) groups is 3. The minimum atomic E-state index is -0.810. The minimum Gasteiger partial charge on any atom is -0.462 e. The van der Waals surface area contributed by atoms with Crippen molar-refractivity contribution in [2.24, 2.45) is 0 Å². The molecular formula is C63H100O6. The van der Waals surface area contributed by atoms with Crippen molar-refractivity contribution in [1.82, 2.24) is 0 Å². The van der Waals surface area contributed by atoms with E-state index in [1.54, 1.807) is 0 Å². The number of ether oxygens (including phenoxy) is 3. The fourth-order valence-electron chi connectivity index (χ4n) is 7.06. The number of carbonyl (C=O) groups excluding carboxylic acids is 3. The first-order valence-electron chi connectivity index (χ1n) is 27.7. The summed E-state index contributed by atoms with van der Waals surface area (Å²) in [5.74, 6) is -0.976. The molecule has 0 saturated carbocycles. The first kappa shape index (κ1) is 64.5. The van der Waals surface area contributed by atoms with Crippen molar-refractivity contribution in [3.8, 4) is 0 Å². The fraction of sp³-hybridized carbons (Fsp3) is 0.603. The zero-order chi connectivity index (χ0) is 50.0. The van der Waals surface area contributed by atoms with E-state index in [9.17, 15) is 14.4 Å². The zero-order valence-electron chi connectivity index (χ0n) is 44.3. The summed E-state index contributed by atoms with van der Waals surface area (Å²) in [5, 5.41) is 0. The van der Waals surface area contributed by atoms with E-state index in [4.69, 9.17) is 14.2 Å². The smallest absolute Gasteiger partial charge is 0.306 e. The van der Waals surface area contributed by atoms with Crippen LogP contribution in [0.5, 0.6) is 0 Å². The van der Waals surface area contributed by atoms with Gasteiger partial charge in [0.05, 0.1) is 0 Å². The molecule has 0 rings (SSSR count). The van der Waals surface area contributed by atoms with Crippen molar-refractivity contribution in [3.63, 3.8) is 0 Å². The van der Waals surface area contributed by atoms with Crippen molar-refractivity contribution in [3.05, 3.63) is 134 Å². The Morgan fingerprint density at radius 2 is 0.565 bits per heavy atom. The zero-order valence-corrected chi connectivity index (χ0v) is 44.3. The van der Waals surface area contributed by atoms with Gasteiger partial charge in [-0.2, -0.15) is 0 Å². The Bertz CT molecular complexity index is 1510. The molecule has 0 amide bonds. The molecule has 1 atom stereocenters. The van der Waals surface area contributed by atoms with Gasteiger partial charge in [-0.15, -0.1) is 0 Å². The van der Waals surface area contributed by atoms with Crippen LogP contribution in [0.4, 0.5) is 0 Å². The van der Waals surface area contributed by atoms with Crippen molar-refractivity contribution in [2.45, 2.75) is 232 Å². The number of allylic oxidation sites excluding steroid dienone is 22. The van der Waals surface area contributed by atoms with Crippen molar-refractivity contribution in [2.75, 3.05) is 13.2 Å². The lowest BCUT2D eigenvalue weighted by Crippen LogP contribution is -2.30. The van der Waals surface area contributed by atoms with E-state index in [0.717, 1.165) is 141 Å². The summed E-state index contributed by atoms with van der Waals surface area (Å²) in [5.41, 5.74) is 0. The molecule has 0 spiro atoms. The second-order valence-corrected chi connectivity index (χ2v) is 17.7. The molecule has 0 aliphatic rings. The first-order chi connectivity index (χ1) is 34.0. The predicted molar refractivity (Wildman–Crippen MR) is 297 cm³/mol. The summed E-state index contributed by atoms with van der Waals surface area (Å²) in [4.78, 5) is 38.0. The minimum absolute atomic E-state index is 0.104. The van der Waals surface area contributed by atoms with E-state index >= 15 is 0 Å². The maximum atomic E-state index is 12.8. The Kier molecular flexibility index (Phi) is 52.5. The molecule has 1 unspecified atom stereocenters. The van der Waals surface area contributed by atoms with E-state index < -0.39 is 6.10 Å². The number of esters is 3. The molecule has 388 valence electrons. The second-order valence-electron chi connectivity index (χ2n) is 17.7. The maximum absolute atomic E-state index is 12.8. The normalized spacial score (nSPS) is 13.1. The monoisotopic (exact) mass is 953 g/mol. The molecule has 0 aromatic carbocycles. The van der Waals surface area contributed by atoms with Crippen molar-refractivity contribution in [1.29, 1.82) is 0 Å². The second kappa shape index (κ2) is 56.1. The SMILES string of the molecule is CC/C=C\C/C=C\C/C=C\C/C=C\C/C=C\C/C=C\C/C=C\CCCCCCCC(=O)OCC(COC(=O)CCCCCCCCCCC)OC(=O)CCCC/C=C\C/C=C\C/C=C\C/C=C\CC. The van der Waals surface area contributed by atoms with Crippen LogP contribution in [-0.4, -0.2) is 37.2 Å². The quantitative estimate of drug-likeness (QED) is 0.0262. The first-order valence-corrected chi connectivity index (χ1v) is 27.7. The summed E-state index contributed by atoms with van der Waals surface area (Å²) in [7, 11) is 0. The summed E-state index contributed by atoms with van der Waals surface area (Å²) in [6.07, 6.45) is 78.8. The highest BCUT2D eigenvalue weighted by Gasteiger charge is 2.19. The predicted octanol–water partition coefficient (Wildman–Crippen LogP) is 18.6. The average Bonchev–Trinajstić information content (AvgIpc) is 3.35. The number of hydrogen-bond acceptors (Lipinski definition) is 6. The Labute approximate surface area is 424 Å². The fourth-order valence-corrected chi connectivity index (χ4v) is 7.06. The largest absolute Gasteiger partial charge is 0.462 e. The van der Waals surface area contributed by atoms with E-state index in [0.29, 0.717) is 19.3 Å². The van der Waals surface area contributed by atoms with Gasteiger partial charge in [0, 0.05) is 19.3 Å². The third kappa shape index (κ3) is 54.4. The molecule has 0 aliphatic heterocycles. The Hall–Kier alpha value is -4.45. The molecule has 6 heteroatoms. The molecule has 6 nitrogen and oxygen atoms in total. The highest BCUT2D eigenvalue weighted by Crippen LogP contribution is 2.13. The van der Waals surface area contributed by atoms with E-state index in [2.05, 4.69) is 154 Å². The van der Waals surface area contributed by atoms with Crippen LogP contribution in [0, 0.1) is 0 Å². The van der Waals surface area contributed by atoms with Gasteiger partial charge in [-0.1, -0.05) is 225 Å². The van der Waals surface area contributed by atoms with Crippen LogP contribution in [-0.2, 0) is 28.6 Å². The molecule has 0 saturated heterocycles. The molecule has 0 aromatic heterocycles. The van der Waals surface area contributed by atoms with E-state index in [1.807, 2.05) is 0 Å². The van der Waals surface area contributed by atoms with Gasteiger partial charge < -0.3 is 14.2 Å². The lowest BCUT2D eigenvalue weighted by molar-refractivity contribution is -0.167. The number of hydrogen-bond donors (Lipinski definition) is 0. The van der Waals surface area contributed by atoms with E-state index in [1.165, 1.54) is 38.5 Å². The molecule has 0 aliphatic carbocycles. The van der Waals surface area contributed by atoms with Crippen LogP contribution >= 0.6 is 0 Å². The summed E-state index contributed by atoms with van der Waals surface area (Å²) >= 11 is 0. The highest BCUT2D eigenvalue weighted by atomic mass is 16.6. The van der Waals surface area contributed by atoms with E-state index in [-0.39, 0.29) is 37.5 Å². The third-order valence-corrected chi connectivity index (χ3v) is 11.2. The van der Waals surface area contributed by atoms with Gasteiger partial charge in [-0.3, -0.25) is 14.4 Å². The van der Waals surface area contributed by atoms with Gasteiger partial charge in [0.15, 0.2) is 6.10 Å². The number of unbranched alkanes of at least 4 members (excludes halogenated alkanes) is 15. The summed E-state index contributed by atoms with van der Waals surface area (Å²) in [6.45, 7) is 6.32. The van der Waals surface area contributed by atoms with Crippen LogP contribution in [0.3, 0.4) is 0 Å². The van der Waals surface area contributed by atoms with Gasteiger partial charge in [-0.25, -0.2) is 0 Å². The van der Waals surface area contributed by atoms with Crippen LogP contribution < -0.4 is 0 Å². The van der Waals surface area contributed by atoms with Crippen molar-refractivity contribution >= 4 is 17.9 Å². The van der Waals surface area contributed by atoms with Gasteiger partial charge in [-0.05, 0) is 116 Å². The standard InChI is InChI=1S/C63H100O6/c1-4-7-10-13-16-19-21-23-25-26-27-28-29-30-31-32-33-34-35-36-38-39-41-44-47-50-53-56-62(65)68-59-60(58-67-61(64)55-52-49-46-43-18-15-12-9-6-3)69-63(66)57-54-51-48-45-42-40-37-24-22-20-17-14-11-8-5-2/h7-8,10-11,16-17,19-20,23-25,27-28,30-31,33-34,36-38,42,45,60H,4-6,9,12-15,18,21-22,26,29,32,35,39-41,43-44,46-59H2,1-3H3/b10-7-,11-8-,19-16-,20-17-,25-23-,28-27-,31-30-,34-33-,37-24-,38-36-,45-42-. The maximum Gasteiger partial charge on any atom is 0.306 e. The van der Waals surface area contributed by atoms with Gasteiger partial charge in [0.1, 0.15) is 13.2 Å². The number of rotatable bonds is 48. The Balaban J connectivity index is 4.36. The molecule has 0 heterocycles. The van der Waals surface area contributed by atoms with Crippen LogP contribution in [0.2, 0.25) is 0 Å². The molecule has 0 fully saturated rings. The molecular weight excluding hydrogens is 853 g/mol. The third-order valence-electron chi connectivity index (χ3n) is 11.2. The topological polar surface area (TPSA) is 78.9 Å². The Morgan fingerprint density at radius 3 is 0.913 bits per heavy atom. The molecule has 69 heavy (non-hydrogen) atoms. The Morgan fingerprint density at radius 1 is 0.304 bits per heavy atom. The van der Waals surface area contributed by atoms with Crippen LogP contribution in [0.1, 0.15) is 226 Å². The molecule has 0 radical (unpaired) electrons. The lowest BCUT2D eigenvalue weighted by atomic mass is 10.1. The lowest BCUT2D eigenvalue weighted by Gasteiger charge is -2.18. The molecule has 0 aromatic rings. The van der Waals surface area contributed by atoms with Crippen LogP contribution in [0.25, 0.3) is 0 Å². The molecule has 0 bridgehead atoms. The summed E-state index contributed by atoms with van der Waals surface area (Å²) in [6, 6.07) is 0. The average molecular weight is 953 g/mol. The highest BCUT2D eigenvalue weighted by molar-refractivity contribution is 5.71. The van der Waals surface area contributed by atoms with Crippen LogP contribution in [0.15, 0.2) is 134 Å². The van der Waals surface area contributed by atoms with Gasteiger partial charge in [0.2, 0.25) is 0 Å². The molecule has 0 N–H and O–H groups in total. The van der Waals surface area contributed by atoms with Crippen molar-refractivity contribution < 1.29 is 28.6 Å². The van der Waals surface area contributed by atoms with Gasteiger partial charge >= 0.3 is 17.9 Å². The summed E-state index contributed by atoms with van der Waals surface area (Å²) < 4.78 is 16.7.